The second kappa shape index (κ2) is 22.5. The summed E-state index contributed by atoms with van der Waals surface area (Å²) >= 11 is 0. The van der Waals surface area contributed by atoms with Gasteiger partial charge in [-0.05, 0) is 0 Å². The molecule has 0 spiro atoms. The first-order valence-corrected chi connectivity index (χ1v) is 0.707. The molecule has 0 aromatic rings. The molecule has 0 radical (unpaired) electrons. The normalized spacial score (nSPS) is 3.38. The van der Waals surface area contributed by atoms with Crippen LogP contribution >= 0.6 is 0 Å². The van der Waals surface area contributed by atoms with Crippen LogP contribution in [0.5, 0.6) is 0 Å². The van der Waals surface area contributed by atoms with Crippen LogP contribution in [0, 0.1) is 0 Å². The number of hydrogen-bond acceptors (Lipinski definition) is 3. The first-order chi connectivity index (χ1) is 1.73. The molecule has 0 saturated carbocycles. The van der Waals surface area contributed by atoms with Crippen LogP contribution in [0.15, 0.2) is 0 Å². The average molecular weight is 146 g/mol. The maximum absolute atomic E-state index is 8.42. The van der Waals surface area contributed by atoms with Crippen molar-refractivity contribution in [1.82, 2.24) is 0 Å². The molecule has 0 atom stereocenters. The molecule has 8 heteroatoms. The van der Waals surface area contributed by atoms with Crippen LogP contribution in [-0.2, 0) is 0 Å². The fraction of sp³-hybridized carbons (Fsp3) is 0. The Hall–Kier alpha value is 2.90. The summed E-state index contributed by atoms with van der Waals surface area (Å²) in [5.41, 5.74) is 0. The number of hydrogen-bond donors (Lipinski definition) is 0. The van der Waals surface area contributed by atoms with E-state index in [-0.39, 0.29) is 94.1 Å². The van der Waals surface area contributed by atoms with Crippen LogP contribution in [0.1, 0.15) is 0 Å². The Morgan fingerprint density at radius 3 is 0.750 bits per heavy atom. The summed E-state index contributed by atoms with van der Waals surface area (Å²) in [5.74, 6) is 0. The Morgan fingerprint density at radius 1 is 0.750 bits per heavy atom. The van der Waals surface area contributed by atoms with Crippen molar-refractivity contribution in [3.05, 3.63) is 0 Å². The van der Waals surface area contributed by atoms with Crippen molar-refractivity contribution < 1.29 is 109 Å². The van der Waals surface area contributed by atoms with Crippen molar-refractivity contribution in [1.29, 1.82) is 0 Å². The Morgan fingerprint density at radius 2 is 0.750 bits per heavy atom. The van der Waals surface area contributed by atoms with E-state index >= 15 is 0 Å². The Balaban J connectivity index is -0.00000000750. The quantitative estimate of drug-likeness (QED) is 0.317. The van der Waals surface area contributed by atoms with Gasteiger partial charge in [-0.2, -0.15) is 0 Å². The molecular weight excluding hydrogens is 144 g/mol. The van der Waals surface area contributed by atoms with Gasteiger partial charge in [0.1, 0.15) is 0 Å². The number of rotatable bonds is 0. The first-order valence-electron chi connectivity index (χ1n) is 0.707. The van der Waals surface area contributed by atoms with Crippen molar-refractivity contribution in [2.75, 3.05) is 0 Å². The minimum atomic E-state index is -2.92. The van der Waals surface area contributed by atoms with Gasteiger partial charge in [0, 0.05) is 0 Å². The second-order valence-electron chi connectivity index (χ2n) is 0.289. The molecule has 0 aromatic heterocycles. The van der Waals surface area contributed by atoms with Crippen molar-refractivity contribution in [2.45, 2.75) is 0 Å². The van der Waals surface area contributed by atoms with Gasteiger partial charge in [-0.15, -0.1) is 0 Å². The third kappa shape index (κ3) is 65.9. The smallest absolute Gasteiger partial charge is 0.907 e. The average Bonchev–Trinajstić information content (AvgIpc) is 0.811. The molecule has 2 N–H and O–H groups in total. The first kappa shape index (κ1) is 30.7. The van der Waals surface area contributed by atoms with E-state index in [1.54, 1.807) is 0 Å². The van der Waals surface area contributed by atoms with Gasteiger partial charge in [0.05, 0.1) is 0 Å². The summed E-state index contributed by atoms with van der Waals surface area (Å²) in [6.07, 6.45) is 0. The molecule has 4 nitrogen and oxygen atoms in total. The zero-order valence-corrected chi connectivity index (χ0v) is 11.3. The van der Waals surface area contributed by atoms with E-state index in [1.165, 1.54) is 0 Å². The van der Waals surface area contributed by atoms with Crippen LogP contribution in [0.25, 0.3) is 0 Å². The summed E-state index contributed by atoms with van der Waals surface area (Å²) in [7, 11) is -2.92. The summed E-state index contributed by atoms with van der Waals surface area (Å²) in [4.78, 5) is 0. The SMILES string of the molecule is O.[Na+].[Na+].[Na+].[O-]B([O-])[O-]. The minimum Gasteiger partial charge on any atom is -0.907 e. The van der Waals surface area contributed by atoms with E-state index in [1.807, 2.05) is 0 Å². The van der Waals surface area contributed by atoms with Gasteiger partial charge in [0.2, 0.25) is 0 Å². The molecule has 0 aliphatic rings. The third-order valence-corrected chi connectivity index (χ3v) is 0. The van der Waals surface area contributed by atoms with Crippen molar-refractivity contribution in [3.8, 4) is 0 Å². The molecule has 32 valence electrons. The van der Waals surface area contributed by atoms with Crippen molar-refractivity contribution in [2.24, 2.45) is 0 Å². The fourth-order valence-corrected chi connectivity index (χ4v) is 0. The predicted molar refractivity (Wildman–Crippen MR) is 9.37 cm³/mol. The van der Waals surface area contributed by atoms with Crippen LogP contribution in [0.3, 0.4) is 0 Å². The molecule has 8 heavy (non-hydrogen) atoms. The molecule has 0 heterocycles. The van der Waals surface area contributed by atoms with Gasteiger partial charge in [0.25, 0.3) is 0 Å². The van der Waals surface area contributed by atoms with Crippen molar-refractivity contribution in [3.63, 3.8) is 0 Å². The zero-order valence-electron chi connectivity index (χ0n) is 5.30. The van der Waals surface area contributed by atoms with E-state index in [9.17, 15) is 0 Å². The Kier molecular flexibility index (Phi) is 86.4. The second-order valence-corrected chi connectivity index (χ2v) is 0.289. The molecule has 0 amide bonds. The molecule has 0 rings (SSSR count). The maximum Gasteiger partial charge on any atom is 1.00 e. The molecule has 0 aliphatic heterocycles. The maximum atomic E-state index is 8.42. The summed E-state index contributed by atoms with van der Waals surface area (Å²) in [6, 6.07) is 0. The molecule has 0 unspecified atom stereocenters. The van der Waals surface area contributed by atoms with E-state index in [2.05, 4.69) is 0 Å². The molecule has 0 aromatic carbocycles. The predicted octanol–water partition coefficient (Wildman–Crippen LogP) is -13.8. The van der Waals surface area contributed by atoms with Crippen LogP contribution < -0.4 is 104 Å². The molecular formula is H2BNa3O4. The van der Waals surface area contributed by atoms with E-state index in [4.69, 9.17) is 15.1 Å². The van der Waals surface area contributed by atoms with Crippen LogP contribution in [0.2, 0.25) is 0 Å². The van der Waals surface area contributed by atoms with Gasteiger partial charge in [0.15, 0.2) is 0 Å². The Bertz CT molecular complexity index is 16.0. The van der Waals surface area contributed by atoms with Crippen molar-refractivity contribution >= 4 is 7.32 Å². The molecule has 0 saturated heterocycles. The van der Waals surface area contributed by atoms with Gasteiger partial charge in [-0.1, -0.05) is 0 Å². The van der Waals surface area contributed by atoms with Crippen LogP contribution in [0.4, 0.5) is 0 Å². The van der Waals surface area contributed by atoms with Gasteiger partial charge < -0.3 is 20.5 Å². The molecule has 0 fully saturated rings. The Labute approximate surface area is 114 Å². The van der Waals surface area contributed by atoms with E-state index in [0.717, 1.165) is 0 Å². The summed E-state index contributed by atoms with van der Waals surface area (Å²) < 4.78 is 0. The monoisotopic (exact) mass is 146 g/mol. The van der Waals surface area contributed by atoms with Gasteiger partial charge >= 0.3 is 88.7 Å². The zero-order chi connectivity index (χ0) is 3.58. The van der Waals surface area contributed by atoms with Crippen LogP contribution in [-0.4, -0.2) is 12.8 Å². The molecule has 0 aliphatic carbocycles. The topological polar surface area (TPSA) is 101 Å². The minimum absolute atomic E-state index is 0. The molecule has 0 bridgehead atoms. The summed E-state index contributed by atoms with van der Waals surface area (Å²) in [6.45, 7) is 0. The van der Waals surface area contributed by atoms with E-state index in [0.29, 0.717) is 0 Å². The third-order valence-electron chi connectivity index (χ3n) is 0. The largest absolute Gasteiger partial charge is 1.00 e. The summed E-state index contributed by atoms with van der Waals surface area (Å²) in [5, 5.41) is 25.2. The fourth-order valence-electron chi connectivity index (χ4n) is 0. The van der Waals surface area contributed by atoms with E-state index < -0.39 is 7.32 Å². The van der Waals surface area contributed by atoms with Gasteiger partial charge in [-0.3, -0.25) is 7.32 Å². The van der Waals surface area contributed by atoms with Gasteiger partial charge in [-0.25, -0.2) is 0 Å². The standard InChI is InChI=1S/BO3.3Na.H2O/c2-1(3)4;;;;/h;;;;1H2/q-3;3*+1;.